The first kappa shape index (κ1) is 14.3. The Kier molecular flexibility index (Phi) is 4.92. The lowest BCUT2D eigenvalue weighted by Gasteiger charge is -2.10. The lowest BCUT2D eigenvalue weighted by atomic mass is 10.1. The van der Waals surface area contributed by atoms with Crippen LogP contribution in [0.1, 0.15) is 5.56 Å². The van der Waals surface area contributed by atoms with Gasteiger partial charge in [0.2, 0.25) is 0 Å². The van der Waals surface area contributed by atoms with Crippen LogP contribution in [0.5, 0.6) is 0 Å². The fraction of sp³-hybridized carbons (Fsp3) is 0.0714. The number of carbonyl (C=O) groups is 1. The van der Waals surface area contributed by atoms with Crippen LogP contribution in [0.15, 0.2) is 59.3 Å². The van der Waals surface area contributed by atoms with E-state index in [1.54, 1.807) is 0 Å². The van der Waals surface area contributed by atoms with Crippen molar-refractivity contribution in [1.29, 1.82) is 0 Å². The number of hydrogen-bond acceptors (Lipinski definition) is 2. The van der Waals surface area contributed by atoms with Gasteiger partial charge in [0.15, 0.2) is 0 Å². The minimum absolute atomic E-state index is 0.301. The minimum Gasteiger partial charge on any atom is -0.398 e. The second-order valence-corrected chi connectivity index (χ2v) is 4.50. The average molecular weight is 307 g/mol. The van der Waals surface area contributed by atoms with Crippen LogP contribution in [0.2, 0.25) is 0 Å². The summed E-state index contributed by atoms with van der Waals surface area (Å²) in [7, 11) is 0. The van der Waals surface area contributed by atoms with E-state index < -0.39 is 0 Å². The number of amides is 1. The first-order valence-corrected chi connectivity index (χ1v) is 6.11. The quantitative estimate of drug-likeness (QED) is 0.662. The highest BCUT2D eigenvalue weighted by Crippen LogP contribution is 2.24. The van der Waals surface area contributed by atoms with Crippen molar-refractivity contribution in [1.82, 2.24) is 0 Å². The number of anilines is 1. The zero-order valence-corrected chi connectivity index (χ0v) is 11.8. The molecule has 94 valence electrons. The van der Waals surface area contributed by atoms with Gasteiger partial charge in [-0.3, -0.25) is 4.79 Å². The molecule has 0 atom stereocenters. The molecule has 0 bridgehead atoms. The zero-order chi connectivity index (χ0) is 13.7. The van der Waals surface area contributed by atoms with Crippen molar-refractivity contribution in [3.63, 3.8) is 0 Å². The smallest absolute Gasteiger partial charge is 0.257 e. The van der Waals surface area contributed by atoms with E-state index in [1.807, 2.05) is 25.1 Å². The van der Waals surface area contributed by atoms with E-state index in [2.05, 4.69) is 34.4 Å². The van der Waals surface area contributed by atoms with Gasteiger partial charge in [0.25, 0.3) is 5.91 Å². The van der Waals surface area contributed by atoms with Gasteiger partial charge in [-0.05, 0) is 30.7 Å². The molecule has 1 amide bonds. The second kappa shape index (κ2) is 6.21. The molecule has 0 aliphatic rings. The highest BCUT2D eigenvalue weighted by Gasteiger charge is 2.11. The van der Waals surface area contributed by atoms with Gasteiger partial charge in [0.05, 0.1) is 5.57 Å². The molecule has 0 aliphatic heterocycles. The largest absolute Gasteiger partial charge is 0.398 e. The van der Waals surface area contributed by atoms with Gasteiger partial charge < -0.3 is 11.1 Å². The normalized spacial score (nSPS) is 11.4. The van der Waals surface area contributed by atoms with Crippen molar-refractivity contribution >= 4 is 27.5 Å². The van der Waals surface area contributed by atoms with E-state index in [0.717, 1.165) is 15.7 Å². The summed E-state index contributed by atoms with van der Waals surface area (Å²) in [6.07, 6.45) is 2.84. The summed E-state index contributed by atoms with van der Waals surface area (Å²) in [4.78, 5) is 12.0. The molecule has 0 unspecified atom stereocenters. The van der Waals surface area contributed by atoms with Crippen molar-refractivity contribution in [2.75, 3.05) is 5.32 Å². The highest BCUT2D eigenvalue weighted by molar-refractivity contribution is 9.10. The first-order chi connectivity index (χ1) is 8.51. The Morgan fingerprint density at radius 1 is 1.39 bits per heavy atom. The number of nitrogens with one attached hydrogen (secondary N) is 1. The van der Waals surface area contributed by atoms with Crippen LogP contribution in [0.3, 0.4) is 0 Å². The number of allylic oxidation sites excluding steroid dienone is 1. The van der Waals surface area contributed by atoms with E-state index in [1.165, 1.54) is 12.2 Å². The van der Waals surface area contributed by atoms with Crippen LogP contribution >= 0.6 is 15.9 Å². The van der Waals surface area contributed by atoms with Crippen LogP contribution in [0, 0.1) is 6.92 Å². The van der Waals surface area contributed by atoms with Crippen molar-refractivity contribution in [3.8, 4) is 0 Å². The topological polar surface area (TPSA) is 55.1 Å². The van der Waals surface area contributed by atoms with Gasteiger partial charge in [-0.1, -0.05) is 41.2 Å². The van der Waals surface area contributed by atoms with Crippen LogP contribution in [-0.4, -0.2) is 5.91 Å². The summed E-state index contributed by atoms with van der Waals surface area (Å²) >= 11 is 3.41. The predicted octanol–water partition coefficient (Wildman–Crippen LogP) is 3.28. The fourth-order valence-corrected chi connectivity index (χ4v) is 1.75. The number of hydrogen-bond donors (Lipinski definition) is 2. The summed E-state index contributed by atoms with van der Waals surface area (Å²) in [5, 5.41) is 2.79. The number of benzene rings is 1. The zero-order valence-electron chi connectivity index (χ0n) is 10.2. The predicted molar refractivity (Wildman–Crippen MR) is 79.1 cm³/mol. The lowest BCUT2D eigenvalue weighted by Crippen LogP contribution is -2.17. The summed E-state index contributed by atoms with van der Waals surface area (Å²) in [6, 6.07) is 5.58. The standard InChI is InChI=1S/C14H15BrN2O/c1-4-10(12(16)5-2)14(18)17-13-8-6-7-11(15)9(13)3/h4-8H,1-2,16H2,3H3,(H,17,18)/b12-10-. The molecule has 0 spiro atoms. The average Bonchev–Trinajstić information content (AvgIpc) is 2.35. The highest BCUT2D eigenvalue weighted by atomic mass is 79.9. The number of nitrogens with two attached hydrogens (primary N) is 1. The molecule has 1 rings (SSSR count). The molecule has 0 fully saturated rings. The molecule has 0 radical (unpaired) electrons. The van der Waals surface area contributed by atoms with Crippen molar-refractivity contribution in [2.24, 2.45) is 5.73 Å². The molecule has 0 aromatic heterocycles. The Morgan fingerprint density at radius 2 is 2.06 bits per heavy atom. The second-order valence-electron chi connectivity index (χ2n) is 3.64. The summed E-state index contributed by atoms with van der Waals surface area (Å²) in [6.45, 7) is 9.02. The SMILES string of the molecule is C=C/C(N)=C(\C=C)C(=O)Nc1cccc(Br)c1C. The van der Waals surface area contributed by atoms with Crippen molar-refractivity contribution in [2.45, 2.75) is 6.92 Å². The van der Waals surface area contributed by atoms with E-state index in [9.17, 15) is 4.79 Å². The fourth-order valence-electron chi connectivity index (χ4n) is 1.38. The monoisotopic (exact) mass is 306 g/mol. The minimum atomic E-state index is -0.302. The molecule has 0 saturated carbocycles. The van der Waals surface area contributed by atoms with Gasteiger partial charge in [0, 0.05) is 15.9 Å². The first-order valence-electron chi connectivity index (χ1n) is 5.32. The molecule has 1 aromatic carbocycles. The summed E-state index contributed by atoms with van der Waals surface area (Å²) in [5.74, 6) is -0.302. The third-order valence-corrected chi connectivity index (χ3v) is 3.35. The Hall–Kier alpha value is -1.81. The summed E-state index contributed by atoms with van der Waals surface area (Å²) in [5.41, 5.74) is 7.96. The molecule has 0 saturated heterocycles. The maximum Gasteiger partial charge on any atom is 0.257 e. The van der Waals surface area contributed by atoms with Gasteiger partial charge >= 0.3 is 0 Å². The van der Waals surface area contributed by atoms with Gasteiger partial charge in [-0.2, -0.15) is 0 Å². The third kappa shape index (κ3) is 3.11. The van der Waals surface area contributed by atoms with Crippen LogP contribution in [0.25, 0.3) is 0 Å². The molecule has 18 heavy (non-hydrogen) atoms. The lowest BCUT2D eigenvalue weighted by molar-refractivity contribution is -0.112. The van der Waals surface area contributed by atoms with Crippen molar-refractivity contribution in [3.05, 3.63) is 64.8 Å². The van der Waals surface area contributed by atoms with Crippen LogP contribution in [0.4, 0.5) is 5.69 Å². The van der Waals surface area contributed by atoms with Crippen LogP contribution < -0.4 is 11.1 Å². The molecule has 3 nitrogen and oxygen atoms in total. The molecule has 4 heteroatoms. The number of halogens is 1. The van der Waals surface area contributed by atoms with Gasteiger partial charge in [0.1, 0.15) is 0 Å². The third-order valence-electron chi connectivity index (χ3n) is 2.50. The van der Waals surface area contributed by atoms with E-state index in [-0.39, 0.29) is 5.91 Å². The Morgan fingerprint density at radius 3 is 2.61 bits per heavy atom. The van der Waals surface area contributed by atoms with E-state index in [0.29, 0.717) is 11.3 Å². The Balaban J connectivity index is 3.05. The maximum atomic E-state index is 12.0. The molecule has 0 aliphatic carbocycles. The molecule has 1 aromatic rings. The molecule has 3 N–H and O–H groups in total. The number of carbonyl (C=O) groups excluding carboxylic acids is 1. The Bertz CT molecular complexity index is 533. The van der Waals surface area contributed by atoms with Crippen molar-refractivity contribution < 1.29 is 4.79 Å². The molecular formula is C14H15BrN2O. The van der Waals surface area contributed by atoms with Gasteiger partial charge in [-0.15, -0.1) is 0 Å². The van der Waals surface area contributed by atoms with E-state index >= 15 is 0 Å². The van der Waals surface area contributed by atoms with E-state index in [4.69, 9.17) is 5.73 Å². The molecular weight excluding hydrogens is 292 g/mol. The number of rotatable bonds is 4. The van der Waals surface area contributed by atoms with Crippen LogP contribution in [-0.2, 0) is 4.79 Å². The van der Waals surface area contributed by atoms with Gasteiger partial charge in [-0.25, -0.2) is 0 Å². The maximum absolute atomic E-state index is 12.0. The molecule has 0 heterocycles. The summed E-state index contributed by atoms with van der Waals surface area (Å²) < 4.78 is 0.932. The Labute approximate surface area is 115 Å².